The molecule has 0 aliphatic carbocycles. The van der Waals surface area contributed by atoms with Gasteiger partial charge in [-0.2, -0.15) is 10.2 Å². The molecule has 1 unspecified atom stereocenters. The lowest BCUT2D eigenvalue weighted by Crippen LogP contribution is -2.37. The van der Waals surface area contributed by atoms with Crippen molar-refractivity contribution in [1.29, 1.82) is 0 Å². The number of aromatic nitrogens is 7. The van der Waals surface area contributed by atoms with Crippen LogP contribution in [0.25, 0.3) is 16.7 Å². The third-order valence-corrected chi connectivity index (χ3v) is 5.08. The summed E-state index contributed by atoms with van der Waals surface area (Å²) in [5.74, 6) is 1.49. The number of para-hydroxylation sites is 1. The Bertz CT molecular complexity index is 1020. The minimum Gasteiger partial charge on any atom is -0.356 e. The SMILES string of the molecule is c1ccc(-n2ncc3c(N4CCCC(Cn5cncn5)C4)ncnc32)cc1. The first kappa shape index (κ1) is 15.9. The topological polar surface area (TPSA) is 77.5 Å². The molecule has 1 aliphatic rings. The molecule has 0 saturated carbocycles. The Morgan fingerprint density at radius 3 is 2.81 bits per heavy atom. The van der Waals surface area contributed by atoms with E-state index in [1.165, 1.54) is 6.42 Å². The third kappa shape index (κ3) is 3.03. The van der Waals surface area contributed by atoms with Crippen molar-refractivity contribution in [2.75, 3.05) is 18.0 Å². The van der Waals surface area contributed by atoms with Crippen molar-refractivity contribution < 1.29 is 0 Å². The van der Waals surface area contributed by atoms with E-state index in [0.29, 0.717) is 5.92 Å². The van der Waals surface area contributed by atoms with Crippen LogP contribution in [0.5, 0.6) is 0 Å². The molecule has 0 N–H and O–H groups in total. The first-order chi connectivity index (χ1) is 13.4. The molecule has 3 aromatic heterocycles. The number of benzene rings is 1. The molecule has 0 bridgehead atoms. The summed E-state index contributed by atoms with van der Waals surface area (Å²) >= 11 is 0. The Hall–Kier alpha value is -3.29. The van der Waals surface area contributed by atoms with Gasteiger partial charge in [-0.25, -0.2) is 19.6 Å². The van der Waals surface area contributed by atoms with Gasteiger partial charge in [0.25, 0.3) is 0 Å². The van der Waals surface area contributed by atoms with Gasteiger partial charge in [-0.1, -0.05) is 18.2 Å². The molecular weight excluding hydrogens is 340 g/mol. The van der Waals surface area contributed by atoms with Crippen molar-refractivity contribution in [3.63, 3.8) is 0 Å². The van der Waals surface area contributed by atoms with E-state index in [4.69, 9.17) is 0 Å². The fourth-order valence-corrected chi connectivity index (χ4v) is 3.84. The van der Waals surface area contributed by atoms with E-state index >= 15 is 0 Å². The van der Waals surface area contributed by atoms with Gasteiger partial charge < -0.3 is 4.90 Å². The van der Waals surface area contributed by atoms with Gasteiger partial charge in [0.05, 0.1) is 17.3 Å². The minimum atomic E-state index is 0.523. The lowest BCUT2D eigenvalue weighted by Gasteiger charge is -2.33. The maximum Gasteiger partial charge on any atom is 0.168 e. The molecule has 4 heterocycles. The van der Waals surface area contributed by atoms with E-state index in [1.807, 2.05) is 45.9 Å². The predicted molar refractivity (Wildman–Crippen MR) is 102 cm³/mol. The van der Waals surface area contributed by atoms with Crippen LogP contribution in [0.4, 0.5) is 5.82 Å². The van der Waals surface area contributed by atoms with Gasteiger partial charge in [0.1, 0.15) is 24.8 Å². The van der Waals surface area contributed by atoms with Gasteiger partial charge in [0.2, 0.25) is 0 Å². The Morgan fingerprint density at radius 1 is 1.04 bits per heavy atom. The molecule has 0 radical (unpaired) electrons. The smallest absolute Gasteiger partial charge is 0.168 e. The van der Waals surface area contributed by atoms with Crippen LogP contribution in [0.15, 0.2) is 55.5 Å². The molecule has 27 heavy (non-hydrogen) atoms. The summed E-state index contributed by atoms with van der Waals surface area (Å²) in [5, 5.41) is 9.80. The van der Waals surface area contributed by atoms with E-state index in [0.717, 1.165) is 48.6 Å². The number of hydrogen-bond acceptors (Lipinski definition) is 6. The maximum absolute atomic E-state index is 4.60. The van der Waals surface area contributed by atoms with Gasteiger partial charge in [-0.05, 0) is 30.9 Å². The molecule has 5 rings (SSSR count). The van der Waals surface area contributed by atoms with Gasteiger partial charge in [0.15, 0.2) is 5.65 Å². The van der Waals surface area contributed by atoms with E-state index in [2.05, 4.69) is 30.0 Å². The summed E-state index contributed by atoms with van der Waals surface area (Å²) in [6.45, 7) is 2.83. The predicted octanol–water partition coefficient (Wildman–Crippen LogP) is 2.32. The normalized spacial score (nSPS) is 17.5. The highest BCUT2D eigenvalue weighted by Crippen LogP contribution is 2.28. The van der Waals surface area contributed by atoms with Crippen LogP contribution in [-0.4, -0.2) is 47.6 Å². The average Bonchev–Trinajstić information content (AvgIpc) is 3.38. The average molecular weight is 360 g/mol. The van der Waals surface area contributed by atoms with E-state index in [-0.39, 0.29) is 0 Å². The molecule has 1 atom stereocenters. The van der Waals surface area contributed by atoms with Gasteiger partial charge in [0, 0.05) is 19.6 Å². The third-order valence-electron chi connectivity index (χ3n) is 5.08. The fraction of sp³-hybridized carbons (Fsp3) is 0.316. The van der Waals surface area contributed by atoms with Crippen molar-refractivity contribution in [1.82, 2.24) is 34.5 Å². The van der Waals surface area contributed by atoms with Crippen molar-refractivity contribution in [3.8, 4) is 5.69 Å². The summed E-state index contributed by atoms with van der Waals surface area (Å²) in [5.41, 5.74) is 1.84. The quantitative estimate of drug-likeness (QED) is 0.556. The summed E-state index contributed by atoms with van der Waals surface area (Å²) in [4.78, 5) is 15.5. The molecular formula is C19H20N8. The standard InChI is InChI=1S/C19H20N8/c1-2-6-16(7-3-1)27-19-17(9-23-27)18(21-13-22-19)25-8-4-5-15(10-25)11-26-14-20-12-24-26/h1-3,6-7,9,12-15H,4-5,8,10-11H2. The van der Waals surface area contributed by atoms with Crippen molar-refractivity contribution >= 4 is 16.9 Å². The first-order valence-corrected chi connectivity index (χ1v) is 9.20. The van der Waals surface area contributed by atoms with Gasteiger partial charge in [-0.15, -0.1) is 0 Å². The Labute approximate surface area is 156 Å². The van der Waals surface area contributed by atoms with Gasteiger partial charge >= 0.3 is 0 Å². The van der Waals surface area contributed by atoms with E-state index in [1.54, 1.807) is 19.0 Å². The highest BCUT2D eigenvalue weighted by molar-refractivity contribution is 5.87. The second kappa shape index (κ2) is 6.79. The van der Waals surface area contributed by atoms with Gasteiger partial charge in [-0.3, -0.25) is 4.68 Å². The van der Waals surface area contributed by atoms with Crippen LogP contribution in [0.2, 0.25) is 0 Å². The minimum absolute atomic E-state index is 0.523. The molecule has 8 heteroatoms. The summed E-state index contributed by atoms with van der Waals surface area (Å²) in [6.07, 6.45) is 9.21. The maximum atomic E-state index is 4.60. The molecule has 0 amide bonds. The second-order valence-electron chi connectivity index (χ2n) is 6.90. The molecule has 136 valence electrons. The summed E-state index contributed by atoms with van der Waals surface area (Å²) in [6, 6.07) is 10.1. The first-order valence-electron chi connectivity index (χ1n) is 9.20. The van der Waals surface area contributed by atoms with Crippen LogP contribution in [0, 0.1) is 5.92 Å². The second-order valence-corrected chi connectivity index (χ2v) is 6.90. The van der Waals surface area contributed by atoms with Crippen LogP contribution in [0.1, 0.15) is 12.8 Å². The highest BCUT2D eigenvalue weighted by atomic mass is 15.3. The molecule has 0 spiro atoms. The molecule has 4 aromatic rings. The summed E-state index contributed by atoms with van der Waals surface area (Å²) < 4.78 is 3.79. The number of anilines is 1. The van der Waals surface area contributed by atoms with Crippen LogP contribution >= 0.6 is 0 Å². The van der Waals surface area contributed by atoms with Crippen LogP contribution in [-0.2, 0) is 6.54 Å². The fourth-order valence-electron chi connectivity index (χ4n) is 3.84. The number of hydrogen-bond donors (Lipinski definition) is 0. The number of fused-ring (bicyclic) bond motifs is 1. The molecule has 1 fully saturated rings. The monoisotopic (exact) mass is 360 g/mol. The highest BCUT2D eigenvalue weighted by Gasteiger charge is 2.24. The van der Waals surface area contributed by atoms with Crippen LogP contribution in [0.3, 0.4) is 0 Å². The van der Waals surface area contributed by atoms with E-state index < -0.39 is 0 Å². The molecule has 1 aromatic carbocycles. The number of nitrogens with zero attached hydrogens (tertiary/aromatic N) is 8. The Kier molecular flexibility index (Phi) is 4.00. The lowest BCUT2D eigenvalue weighted by atomic mass is 9.98. The van der Waals surface area contributed by atoms with Crippen LogP contribution < -0.4 is 4.90 Å². The largest absolute Gasteiger partial charge is 0.356 e. The van der Waals surface area contributed by atoms with Crippen molar-refractivity contribution in [2.45, 2.75) is 19.4 Å². The Balaban J connectivity index is 1.45. The summed E-state index contributed by atoms with van der Waals surface area (Å²) in [7, 11) is 0. The van der Waals surface area contributed by atoms with Crippen molar-refractivity contribution in [2.24, 2.45) is 5.92 Å². The lowest BCUT2D eigenvalue weighted by molar-refractivity contribution is 0.350. The Morgan fingerprint density at radius 2 is 1.96 bits per heavy atom. The zero-order valence-corrected chi connectivity index (χ0v) is 14.9. The number of rotatable bonds is 4. The molecule has 1 aliphatic heterocycles. The molecule has 8 nitrogen and oxygen atoms in total. The van der Waals surface area contributed by atoms with Crippen molar-refractivity contribution in [3.05, 3.63) is 55.5 Å². The molecule has 1 saturated heterocycles. The van der Waals surface area contributed by atoms with E-state index in [9.17, 15) is 0 Å². The number of piperidine rings is 1. The zero-order chi connectivity index (χ0) is 18.1. The zero-order valence-electron chi connectivity index (χ0n) is 14.9.